The van der Waals surface area contributed by atoms with E-state index in [0.717, 1.165) is 13.0 Å². The summed E-state index contributed by atoms with van der Waals surface area (Å²) in [6.45, 7) is 2.25. The number of aromatic amines is 1. The molecule has 1 aromatic rings. The Kier molecular flexibility index (Phi) is 2.67. The summed E-state index contributed by atoms with van der Waals surface area (Å²) in [4.78, 5) is 15.6. The fraction of sp³-hybridized carbons (Fsp3) is 0.778. The Hall–Kier alpha value is -1.10. The van der Waals surface area contributed by atoms with Crippen LogP contribution < -0.4 is 5.76 Å². The average molecular weight is 197 g/mol. The average Bonchev–Trinajstić information content (AvgIpc) is 2.51. The molecule has 1 unspecified atom stereocenters. The van der Waals surface area contributed by atoms with Gasteiger partial charge in [-0.25, -0.2) is 4.79 Å². The van der Waals surface area contributed by atoms with E-state index in [4.69, 9.17) is 0 Å². The zero-order valence-corrected chi connectivity index (χ0v) is 8.32. The van der Waals surface area contributed by atoms with Crippen LogP contribution in [0.25, 0.3) is 0 Å². The first-order valence-corrected chi connectivity index (χ1v) is 4.97. The molecule has 2 heterocycles. The van der Waals surface area contributed by atoms with Crippen LogP contribution in [0.1, 0.15) is 18.7 Å². The molecule has 0 aliphatic carbocycles. The normalized spacial score (nSPS) is 23.9. The Morgan fingerprint density at radius 1 is 1.71 bits per heavy atom. The number of nitrogens with zero attached hydrogens (tertiary/aromatic N) is 2. The molecule has 1 fully saturated rings. The highest BCUT2D eigenvalue weighted by atomic mass is 16.5. The smallest absolute Gasteiger partial charge is 0.306 e. The van der Waals surface area contributed by atoms with Crippen molar-refractivity contribution in [3.63, 3.8) is 0 Å². The van der Waals surface area contributed by atoms with E-state index in [1.54, 1.807) is 0 Å². The summed E-state index contributed by atoms with van der Waals surface area (Å²) in [5.41, 5.74) is 0. The minimum absolute atomic E-state index is 0.454. The van der Waals surface area contributed by atoms with Gasteiger partial charge in [-0.2, -0.15) is 0 Å². The first-order chi connectivity index (χ1) is 6.74. The van der Waals surface area contributed by atoms with E-state index in [0.29, 0.717) is 11.7 Å². The van der Waals surface area contributed by atoms with E-state index in [2.05, 4.69) is 26.6 Å². The lowest BCUT2D eigenvalue weighted by Crippen LogP contribution is -2.33. The van der Waals surface area contributed by atoms with Crippen LogP contribution in [0.2, 0.25) is 0 Å². The summed E-state index contributed by atoms with van der Waals surface area (Å²) < 4.78 is 4.46. The Balaban J connectivity index is 1.93. The summed E-state index contributed by atoms with van der Waals surface area (Å²) in [6, 6.07) is 0. The molecule has 0 spiro atoms. The lowest BCUT2D eigenvalue weighted by atomic mass is 9.95. The largest absolute Gasteiger partial charge is 0.438 e. The van der Waals surface area contributed by atoms with Gasteiger partial charge in [-0.3, -0.25) is 9.51 Å². The minimum atomic E-state index is -0.454. The standard InChI is InChI=1S/C9H15N3O2/c1-12-4-2-3-7(6-12)5-8-10-9(13)14-11-8/h7H,2-6H2,1H3,(H,10,11,13). The maximum absolute atomic E-state index is 10.7. The number of rotatable bonds is 2. The van der Waals surface area contributed by atoms with Crippen LogP contribution in [0, 0.1) is 5.92 Å². The van der Waals surface area contributed by atoms with E-state index in [1.807, 2.05) is 0 Å². The number of hydrogen-bond acceptors (Lipinski definition) is 4. The summed E-state index contributed by atoms with van der Waals surface area (Å²) in [5.74, 6) is 0.814. The fourth-order valence-corrected chi connectivity index (χ4v) is 2.06. The molecule has 5 heteroatoms. The highest BCUT2D eigenvalue weighted by molar-refractivity contribution is 4.84. The van der Waals surface area contributed by atoms with Crippen molar-refractivity contribution in [2.24, 2.45) is 5.92 Å². The minimum Gasteiger partial charge on any atom is -0.306 e. The van der Waals surface area contributed by atoms with Crippen LogP contribution in [-0.4, -0.2) is 35.2 Å². The first-order valence-electron chi connectivity index (χ1n) is 4.97. The van der Waals surface area contributed by atoms with Gasteiger partial charge in [0, 0.05) is 13.0 Å². The van der Waals surface area contributed by atoms with Gasteiger partial charge >= 0.3 is 5.76 Å². The zero-order valence-electron chi connectivity index (χ0n) is 8.32. The molecule has 0 saturated carbocycles. The van der Waals surface area contributed by atoms with Crippen LogP contribution in [0.3, 0.4) is 0 Å². The SMILES string of the molecule is CN1CCCC(Cc2noc(=O)[nH]2)C1. The van der Waals surface area contributed by atoms with Crippen LogP contribution in [-0.2, 0) is 6.42 Å². The summed E-state index contributed by atoms with van der Waals surface area (Å²) in [7, 11) is 2.12. The molecule has 0 radical (unpaired) electrons. The zero-order chi connectivity index (χ0) is 9.97. The van der Waals surface area contributed by atoms with Gasteiger partial charge in [-0.1, -0.05) is 5.16 Å². The fourth-order valence-electron chi connectivity index (χ4n) is 2.06. The van der Waals surface area contributed by atoms with Gasteiger partial charge in [0.25, 0.3) is 0 Å². The van der Waals surface area contributed by atoms with E-state index in [-0.39, 0.29) is 0 Å². The molecule has 2 rings (SSSR count). The number of hydrogen-bond donors (Lipinski definition) is 1. The number of nitrogens with one attached hydrogen (secondary N) is 1. The molecule has 1 aliphatic heterocycles. The van der Waals surface area contributed by atoms with Gasteiger partial charge in [0.1, 0.15) is 0 Å². The second-order valence-corrected chi connectivity index (χ2v) is 4.02. The molecule has 1 N–H and O–H groups in total. The monoisotopic (exact) mass is 197 g/mol. The van der Waals surface area contributed by atoms with E-state index in [1.165, 1.54) is 19.4 Å². The van der Waals surface area contributed by atoms with Gasteiger partial charge in [-0.05, 0) is 32.4 Å². The topological polar surface area (TPSA) is 62.1 Å². The lowest BCUT2D eigenvalue weighted by molar-refractivity contribution is 0.206. The maximum Gasteiger partial charge on any atom is 0.438 e. The van der Waals surface area contributed by atoms with Crippen molar-refractivity contribution in [2.45, 2.75) is 19.3 Å². The Bertz CT molecular complexity index is 344. The number of H-pyrrole nitrogens is 1. The van der Waals surface area contributed by atoms with E-state index < -0.39 is 5.76 Å². The second kappa shape index (κ2) is 3.96. The molecule has 78 valence electrons. The van der Waals surface area contributed by atoms with Crippen LogP contribution in [0.4, 0.5) is 0 Å². The third kappa shape index (κ3) is 2.23. The Labute approximate surface area is 82.1 Å². The predicted molar refractivity (Wildman–Crippen MR) is 51.0 cm³/mol. The molecule has 1 saturated heterocycles. The summed E-state index contributed by atoms with van der Waals surface area (Å²) in [5, 5.41) is 3.67. The molecular weight excluding hydrogens is 182 g/mol. The van der Waals surface area contributed by atoms with Gasteiger partial charge in [-0.15, -0.1) is 0 Å². The van der Waals surface area contributed by atoms with Crippen molar-refractivity contribution < 1.29 is 4.52 Å². The number of aromatic nitrogens is 2. The van der Waals surface area contributed by atoms with Gasteiger partial charge in [0.05, 0.1) is 0 Å². The Morgan fingerprint density at radius 3 is 3.21 bits per heavy atom. The van der Waals surface area contributed by atoms with Crippen LogP contribution in [0.5, 0.6) is 0 Å². The lowest BCUT2D eigenvalue weighted by Gasteiger charge is -2.28. The number of likely N-dealkylation sites (tertiary alicyclic amines) is 1. The van der Waals surface area contributed by atoms with E-state index >= 15 is 0 Å². The van der Waals surface area contributed by atoms with Crippen molar-refractivity contribution in [3.05, 3.63) is 16.4 Å². The molecule has 0 bridgehead atoms. The molecule has 1 aromatic heterocycles. The van der Waals surface area contributed by atoms with Crippen molar-refractivity contribution in [1.82, 2.24) is 15.0 Å². The molecular formula is C9H15N3O2. The quantitative estimate of drug-likeness (QED) is 0.738. The van der Waals surface area contributed by atoms with Crippen molar-refractivity contribution in [3.8, 4) is 0 Å². The summed E-state index contributed by atoms with van der Waals surface area (Å²) >= 11 is 0. The molecule has 1 atom stereocenters. The molecule has 1 aliphatic rings. The van der Waals surface area contributed by atoms with Crippen molar-refractivity contribution >= 4 is 0 Å². The maximum atomic E-state index is 10.7. The highest BCUT2D eigenvalue weighted by Crippen LogP contribution is 2.17. The van der Waals surface area contributed by atoms with E-state index in [9.17, 15) is 4.79 Å². The second-order valence-electron chi connectivity index (χ2n) is 4.02. The van der Waals surface area contributed by atoms with Gasteiger partial charge < -0.3 is 4.90 Å². The first kappa shape index (κ1) is 9.45. The molecule has 14 heavy (non-hydrogen) atoms. The van der Waals surface area contributed by atoms with Crippen molar-refractivity contribution in [2.75, 3.05) is 20.1 Å². The van der Waals surface area contributed by atoms with Crippen LogP contribution in [0.15, 0.2) is 9.32 Å². The molecule has 5 nitrogen and oxygen atoms in total. The third-order valence-electron chi connectivity index (χ3n) is 2.69. The van der Waals surface area contributed by atoms with Crippen LogP contribution >= 0.6 is 0 Å². The Morgan fingerprint density at radius 2 is 2.57 bits per heavy atom. The molecule has 0 amide bonds. The van der Waals surface area contributed by atoms with Gasteiger partial charge in [0.2, 0.25) is 0 Å². The summed E-state index contributed by atoms with van der Waals surface area (Å²) in [6.07, 6.45) is 3.25. The van der Waals surface area contributed by atoms with Crippen molar-refractivity contribution in [1.29, 1.82) is 0 Å². The predicted octanol–water partition coefficient (Wildman–Crippen LogP) is 0.247. The third-order valence-corrected chi connectivity index (χ3v) is 2.69. The molecule has 0 aromatic carbocycles. The number of piperidine rings is 1. The highest BCUT2D eigenvalue weighted by Gasteiger charge is 2.18. The van der Waals surface area contributed by atoms with Gasteiger partial charge in [0.15, 0.2) is 5.82 Å².